The fraction of sp³-hybridized carbons (Fsp3) is 0.350. The number of methoxy groups -OCH3 is 1. The standard InChI is InChI=1S/C20H23N3O4S2/c1-27-18-5-3-2-4-17(18)22-9-11-23(12-10-22)29(25,26)15-6-7-19-16(14-15)21-20(24)8-13-28-19/h2-7,14H,8-13H2,1H3,(H,21,24). The molecule has 7 nitrogen and oxygen atoms in total. The van der Waals surface area contributed by atoms with Crippen molar-refractivity contribution in [1.82, 2.24) is 4.31 Å². The van der Waals surface area contributed by atoms with Gasteiger partial charge in [-0.25, -0.2) is 8.42 Å². The average molecular weight is 434 g/mol. The van der Waals surface area contributed by atoms with Crippen molar-refractivity contribution in [3.05, 3.63) is 42.5 Å². The van der Waals surface area contributed by atoms with Gasteiger partial charge < -0.3 is 15.0 Å². The average Bonchev–Trinajstić information content (AvgIpc) is 2.93. The highest BCUT2D eigenvalue weighted by Crippen LogP contribution is 2.34. The molecule has 1 saturated heterocycles. The van der Waals surface area contributed by atoms with Crippen LogP contribution in [0.5, 0.6) is 5.75 Å². The third kappa shape index (κ3) is 4.08. The van der Waals surface area contributed by atoms with Crippen LogP contribution in [-0.2, 0) is 14.8 Å². The second-order valence-electron chi connectivity index (χ2n) is 6.87. The Morgan fingerprint density at radius 1 is 1.07 bits per heavy atom. The zero-order valence-corrected chi connectivity index (χ0v) is 17.8. The topological polar surface area (TPSA) is 79.0 Å². The fourth-order valence-electron chi connectivity index (χ4n) is 3.57. The van der Waals surface area contributed by atoms with Gasteiger partial charge in [0.2, 0.25) is 15.9 Å². The van der Waals surface area contributed by atoms with Gasteiger partial charge in [-0.05, 0) is 30.3 Å². The van der Waals surface area contributed by atoms with Crippen molar-refractivity contribution in [3.63, 3.8) is 0 Å². The highest BCUT2D eigenvalue weighted by Gasteiger charge is 2.30. The summed E-state index contributed by atoms with van der Waals surface area (Å²) in [4.78, 5) is 15.1. The van der Waals surface area contributed by atoms with Gasteiger partial charge in [0, 0.05) is 43.2 Å². The van der Waals surface area contributed by atoms with Gasteiger partial charge in [0.1, 0.15) is 5.75 Å². The van der Waals surface area contributed by atoms with Gasteiger partial charge in [0.25, 0.3) is 0 Å². The predicted molar refractivity (Wildman–Crippen MR) is 114 cm³/mol. The van der Waals surface area contributed by atoms with Crippen LogP contribution < -0.4 is 15.0 Å². The third-order valence-electron chi connectivity index (χ3n) is 5.11. The number of carbonyl (C=O) groups excluding carboxylic acids is 1. The number of nitrogens with zero attached hydrogens (tertiary/aromatic N) is 2. The summed E-state index contributed by atoms with van der Waals surface area (Å²) < 4.78 is 33.3. The normalized spacial score (nSPS) is 18.0. The minimum Gasteiger partial charge on any atom is -0.495 e. The molecule has 0 spiro atoms. The van der Waals surface area contributed by atoms with Crippen molar-refractivity contribution in [3.8, 4) is 5.75 Å². The van der Waals surface area contributed by atoms with Crippen LogP contribution in [0.15, 0.2) is 52.3 Å². The number of rotatable bonds is 4. The first-order chi connectivity index (χ1) is 14.0. The molecule has 2 aromatic carbocycles. The van der Waals surface area contributed by atoms with E-state index in [1.165, 1.54) is 4.31 Å². The first kappa shape index (κ1) is 20.1. The Balaban J connectivity index is 1.51. The van der Waals surface area contributed by atoms with Gasteiger partial charge in [-0.3, -0.25) is 4.79 Å². The van der Waals surface area contributed by atoms with Gasteiger partial charge >= 0.3 is 0 Å². The van der Waals surface area contributed by atoms with E-state index in [1.54, 1.807) is 37.1 Å². The van der Waals surface area contributed by atoms with Gasteiger partial charge in [-0.2, -0.15) is 4.31 Å². The van der Waals surface area contributed by atoms with Crippen molar-refractivity contribution in [2.45, 2.75) is 16.2 Å². The van der Waals surface area contributed by atoms with Crippen LogP contribution in [0.4, 0.5) is 11.4 Å². The second kappa shape index (κ2) is 8.25. The Kier molecular flexibility index (Phi) is 5.71. The molecule has 0 bridgehead atoms. The number of carbonyl (C=O) groups is 1. The largest absolute Gasteiger partial charge is 0.495 e. The van der Waals surface area contributed by atoms with E-state index in [-0.39, 0.29) is 10.8 Å². The van der Waals surface area contributed by atoms with Crippen molar-refractivity contribution in [2.24, 2.45) is 0 Å². The number of anilines is 2. The Bertz CT molecular complexity index is 1020. The van der Waals surface area contributed by atoms with E-state index in [1.807, 2.05) is 24.3 Å². The molecule has 0 aromatic heterocycles. The number of benzene rings is 2. The molecule has 154 valence electrons. The zero-order valence-electron chi connectivity index (χ0n) is 16.1. The maximum Gasteiger partial charge on any atom is 0.243 e. The number of fused-ring (bicyclic) bond motifs is 1. The van der Waals surface area contributed by atoms with Gasteiger partial charge in [0.05, 0.1) is 23.4 Å². The molecular formula is C20H23N3O4S2. The Morgan fingerprint density at radius 3 is 2.59 bits per heavy atom. The van der Waals surface area contributed by atoms with E-state index in [4.69, 9.17) is 4.74 Å². The summed E-state index contributed by atoms with van der Waals surface area (Å²) in [5, 5.41) is 2.81. The first-order valence-electron chi connectivity index (χ1n) is 9.44. The van der Waals surface area contributed by atoms with E-state index < -0.39 is 10.0 Å². The fourth-order valence-corrected chi connectivity index (χ4v) is 5.95. The summed E-state index contributed by atoms with van der Waals surface area (Å²) in [5.74, 6) is 1.38. The van der Waals surface area contributed by atoms with E-state index in [2.05, 4.69) is 10.2 Å². The molecule has 0 saturated carbocycles. The lowest BCUT2D eigenvalue weighted by Crippen LogP contribution is -2.48. The maximum absolute atomic E-state index is 13.2. The lowest BCUT2D eigenvalue weighted by molar-refractivity contribution is -0.115. The summed E-state index contributed by atoms with van der Waals surface area (Å²) in [6, 6.07) is 12.7. The van der Waals surface area contributed by atoms with Crippen molar-refractivity contribution >= 4 is 39.1 Å². The van der Waals surface area contributed by atoms with Gasteiger partial charge in [0.15, 0.2) is 0 Å². The second-order valence-corrected chi connectivity index (χ2v) is 9.94. The molecule has 29 heavy (non-hydrogen) atoms. The molecule has 2 aliphatic rings. The zero-order chi connectivity index (χ0) is 20.4. The molecule has 1 fully saturated rings. The molecule has 2 heterocycles. The minimum atomic E-state index is -3.63. The smallest absolute Gasteiger partial charge is 0.243 e. The number of para-hydroxylation sites is 2. The third-order valence-corrected chi connectivity index (χ3v) is 8.08. The molecule has 1 N–H and O–H groups in total. The van der Waals surface area contributed by atoms with Crippen molar-refractivity contribution < 1.29 is 17.9 Å². The van der Waals surface area contributed by atoms with E-state index in [0.29, 0.717) is 44.0 Å². The summed E-state index contributed by atoms with van der Waals surface area (Å²) in [6.07, 6.45) is 0.423. The van der Waals surface area contributed by atoms with Crippen molar-refractivity contribution in [2.75, 3.05) is 49.3 Å². The molecule has 2 aromatic rings. The minimum absolute atomic E-state index is 0.0868. The van der Waals surface area contributed by atoms with E-state index in [0.717, 1.165) is 16.3 Å². The SMILES string of the molecule is COc1ccccc1N1CCN(S(=O)(=O)c2ccc3c(c2)NC(=O)CCS3)CC1. The molecule has 0 atom stereocenters. The summed E-state index contributed by atoms with van der Waals surface area (Å²) in [7, 11) is -2.00. The maximum atomic E-state index is 13.2. The first-order valence-corrected chi connectivity index (χ1v) is 11.9. The number of ether oxygens (including phenoxy) is 1. The van der Waals surface area contributed by atoms with Crippen LogP contribution in [-0.4, -0.2) is 57.7 Å². The Morgan fingerprint density at radius 2 is 1.83 bits per heavy atom. The lowest BCUT2D eigenvalue weighted by Gasteiger charge is -2.36. The number of sulfonamides is 1. The highest BCUT2D eigenvalue weighted by atomic mass is 32.2. The van der Waals surface area contributed by atoms with Crippen LogP contribution >= 0.6 is 11.8 Å². The summed E-state index contributed by atoms with van der Waals surface area (Å²) >= 11 is 1.56. The molecule has 4 rings (SSSR count). The molecule has 0 unspecified atom stereocenters. The van der Waals surface area contributed by atoms with Crippen LogP contribution in [0.3, 0.4) is 0 Å². The lowest BCUT2D eigenvalue weighted by atomic mass is 10.2. The number of thioether (sulfide) groups is 1. The van der Waals surface area contributed by atoms with E-state index >= 15 is 0 Å². The molecule has 0 aliphatic carbocycles. The van der Waals surface area contributed by atoms with Crippen LogP contribution in [0.2, 0.25) is 0 Å². The van der Waals surface area contributed by atoms with Crippen LogP contribution in [0, 0.1) is 0 Å². The monoisotopic (exact) mass is 433 g/mol. The van der Waals surface area contributed by atoms with Gasteiger partial charge in [-0.1, -0.05) is 12.1 Å². The van der Waals surface area contributed by atoms with Gasteiger partial charge in [-0.15, -0.1) is 11.8 Å². The Labute approximate surface area is 175 Å². The molecule has 0 radical (unpaired) electrons. The quantitative estimate of drug-likeness (QED) is 0.799. The summed E-state index contributed by atoms with van der Waals surface area (Å²) in [6.45, 7) is 1.94. The molecule has 9 heteroatoms. The number of hydrogen-bond donors (Lipinski definition) is 1. The predicted octanol–water partition coefficient (Wildman–Crippen LogP) is 2.64. The summed E-state index contributed by atoms with van der Waals surface area (Å²) in [5.41, 5.74) is 1.54. The van der Waals surface area contributed by atoms with Crippen LogP contribution in [0.25, 0.3) is 0 Å². The number of hydrogen-bond acceptors (Lipinski definition) is 6. The molecule has 2 aliphatic heterocycles. The number of nitrogens with one attached hydrogen (secondary N) is 1. The van der Waals surface area contributed by atoms with E-state index in [9.17, 15) is 13.2 Å². The molecule has 1 amide bonds. The number of amides is 1. The molecular weight excluding hydrogens is 410 g/mol. The van der Waals surface area contributed by atoms with Crippen molar-refractivity contribution in [1.29, 1.82) is 0 Å². The Hall–Kier alpha value is -2.23. The highest BCUT2D eigenvalue weighted by molar-refractivity contribution is 7.99. The van der Waals surface area contributed by atoms with Crippen LogP contribution in [0.1, 0.15) is 6.42 Å². The number of piperazine rings is 1.